The van der Waals surface area contributed by atoms with E-state index in [4.69, 9.17) is 17.0 Å². The molecule has 0 heterocycles. The first-order chi connectivity index (χ1) is 16.0. The number of nitrogens with one attached hydrogen (secondary N) is 3. The van der Waals surface area contributed by atoms with E-state index in [9.17, 15) is 22.8 Å². The Bertz CT molecular complexity index is 1270. The van der Waals surface area contributed by atoms with Crippen molar-refractivity contribution in [2.45, 2.75) is 13.1 Å². The number of rotatable bonds is 7. The van der Waals surface area contributed by atoms with E-state index < -0.39 is 17.8 Å². The SMILES string of the molecule is CC(=O)c1cccc(NC(=O)c2ccc(/C(=C/C(=N)C(F)(F)F)Nc3ccccc3Cl)cc2)c1. The van der Waals surface area contributed by atoms with Crippen LogP contribution in [0.3, 0.4) is 0 Å². The fraction of sp³-hybridized carbons (Fsp3) is 0.0800. The number of Topliss-reactive ketones (excluding diaryl/α,β-unsaturated/α-hetero) is 1. The highest BCUT2D eigenvalue weighted by atomic mass is 35.5. The van der Waals surface area contributed by atoms with E-state index in [0.29, 0.717) is 28.6 Å². The number of alkyl halides is 3. The van der Waals surface area contributed by atoms with Crippen LogP contribution in [0.4, 0.5) is 24.5 Å². The van der Waals surface area contributed by atoms with Gasteiger partial charge in [-0.25, -0.2) is 0 Å². The second kappa shape index (κ2) is 10.4. The van der Waals surface area contributed by atoms with E-state index in [-0.39, 0.29) is 22.1 Å². The van der Waals surface area contributed by atoms with E-state index in [0.717, 1.165) is 0 Å². The van der Waals surface area contributed by atoms with Gasteiger partial charge in [-0.05, 0) is 55.0 Å². The molecule has 0 fully saturated rings. The van der Waals surface area contributed by atoms with Crippen molar-refractivity contribution in [2.24, 2.45) is 0 Å². The molecule has 3 aromatic rings. The van der Waals surface area contributed by atoms with Gasteiger partial charge in [0.1, 0.15) is 5.71 Å². The van der Waals surface area contributed by atoms with Crippen LogP contribution in [-0.2, 0) is 0 Å². The Kier molecular flexibility index (Phi) is 7.53. The summed E-state index contributed by atoms with van der Waals surface area (Å²) in [5.41, 5.74) is 0.231. The highest BCUT2D eigenvalue weighted by Gasteiger charge is 2.33. The van der Waals surface area contributed by atoms with Gasteiger partial charge in [0.25, 0.3) is 5.91 Å². The fourth-order valence-electron chi connectivity index (χ4n) is 2.95. The van der Waals surface area contributed by atoms with Gasteiger partial charge in [0.15, 0.2) is 5.78 Å². The minimum Gasteiger partial charge on any atom is -0.354 e. The third-order valence-electron chi connectivity index (χ3n) is 4.72. The molecular weight excluding hydrogens is 467 g/mol. The summed E-state index contributed by atoms with van der Waals surface area (Å²) >= 11 is 6.12. The average molecular weight is 486 g/mol. The molecule has 9 heteroatoms. The second-order valence-corrected chi connectivity index (χ2v) is 7.65. The predicted molar refractivity (Wildman–Crippen MR) is 128 cm³/mol. The molecule has 1 amide bonds. The average Bonchev–Trinajstić information content (AvgIpc) is 2.79. The Labute approximate surface area is 198 Å². The molecule has 0 atom stereocenters. The Morgan fingerprint density at radius 2 is 1.53 bits per heavy atom. The molecule has 0 aliphatic carbocycles. The summed E-state index contributed by atoms with van der Waals surface area (Å²) in [6.07, 6.45) is -4.17. The van der Waals surface area contributed by atoms with Crippen LogP contribution in [0.15, 0.2) is 78.9 Å². The number of hydrogen-bond donors (Lipinski definition) is 3. The van der Waals surface area contributed by atoms with Gasteiger partial charge in [-0.1, -0.05) is 48.0 Å². The van der Waals surface area contributed by atoms with Crippen molar-refractivity contribution in [3.63, 3.8) is 0 Å². The first kappa shape index (κ1) is 24.7. The lowest BCUT2D eigenvalue weighted by atomic mass is 10.1. The molecule has 174 valence electrons. The fourth-order valence-corrected chi connectivity index (χ4v) is 3.13. The van der Waals surface area contributed by atoms with Crippen LogP contribution in [0.5, 0.6) is 0 Å². The number of amides is 1. The predicted octanol–water partition coefficient (Wildman–Crippen LogP) is 6.83. The Morgan fingerprint density at radius 1 is 0.882 bits per heavy atom. The molecular formula is C25H19ClF3N3O2. The first-order valence-electron chi connectivity index (χ1n) is 9.96. The van der Waals surface area contributed by atoms with Crippen molar-refractivity contribution < 1.29 is 22.8 Å². The molecule has 0 aliphatic rings. The molecule has 3 rings (SSSR count). The third kappa shape index (κ3) is 6.32. The van der Waals surface area contributed by atoms with Gasteiger partial charge < -0.3 is 10.6 Å². The number of anilines is 2. The maximum Gasteiger partial charge on any atom is 0.432 e. The highest BCUT2D eigenvalue weighted by molar-refractivity contribution is 6.33. The molecule has 3 aromatic carbocycles. The van der Waals surface area contributed by atoms with Crippen LogP contribution < -0.4 is 10.6 Å². The van der Waals surface area contributed by atoms with E-state index in [1.807, 2.05) is 0 Å². The maximum atomic E-state index is 13.0. The largest absolute Gasteiger partial charge is 0.432 e. The smallest absolute Gasteiger partial charge is 0.354 e. The van der Waals surface area contributed by atoms with Gasteiger partial charge >= 0.3 is 6.18 Å². The van der Waals surface area contributed by atoms with Gasteiger partial charge in [0.2, 0.25) is 0 Å². The second-order valence-electron chi connectivity index (χ2n) is 7.24. The van der Waals surface area contributed by atoms with E-state index in [1.54, 1.807) is 48.5 Å². The number of ketones is 1. The van der Waals surface area contributed by atoms with Gasteiger partial charge in [-0.2, -0.15) is 13.2 Å². The normalized spacial score (nSPS) is 11.6. The first-order valence-corrected chi connectivity index (χ1v) is 10.3. The van der Waals surface area contributed by atoms with E-state index >= 15 is 0 Å². The number of hydrogen-bond acceptors (Lipinski definition) is 4. The zero-order valence-corrected chi connectivity index (χ0v) is 18.6. The summed E-state index contributed by atoms with van der Waals surface area (Å²) < 4.78 is 39.0. The number of allylic oxidation sites excluding steroid dienone is 1. The quantitative estimate of drug-likeness (QED) is 0.253. The third-order valence-corrected chi connectivity index (χ3v) is 5.05. The Balaban J connectivity index is 1.87. The molecule has 0 spiro atoms. The maximum absolute atomic E-state index is 13.0. The minimum atomic E-state index is -4.83. The van der Waals surface area contributed by atoms with Crippen molar-refractivity contribution >= 4 is 46.1 Å². The van der Waals surface area contributed by atoms with Gasteiger partial charge in [-0.15, -0.1) is 0 Å². The molecule has 0 aromatic heterocycles. The molecule has 0 saturated carbocycles. The summed E-state index contributed by atoms with van der Waals surface area (Å²) in [4.78, 5) is 24.1. The minimum absolute atomic E-state index is 0.0171. The standard InChI is InChI=1S/C25H19ClF3N3O2/c1-15(33)18-5-4-6-19(13-18)31-24(34)17-11-9-16(10-12-17)22(14-23(30)25(27,28)29)32-21-8-3-2-7-20(21)26/h2-14,30,32H,1H3,(H,31,34)/b22-14-,30-23?. The summed E-state index contributed by atoms with van der Waals surface area (Å²) in [7, 11) is 0. The number of halogens is 4. The van der Waals surface area contributed by atoms with E-state index in [1.165, 1.54) is 31.2 Å². The number of benzene rings is 3. The Hall–Kier alpha value is -3.91. The summed E-state index contributed by atoms with van der Waals surface area (Å²) in [6, 6.07) is 18.8. The molecule has 0 unspecified atom stereocenters. The van der Waals surface area contributed by atoms with Crippen LogP contribution in [0.1, 0.15) is 33.2 Å². The van der Waals surface area contributed by atoms with Crippen molar-refractivity contribution in [3.8, 4) is 0 Å². The topological polar surface area (TPSA) is 82.1 Å². The number of carbonyl (C=O) groups is 2. The van der Waals surface area contributed by atoms with Crippen LogP contribution in [0.2, 0.25) is 5.02 Å². The number of carbonyl (C=O) groups excluding carboxylic acids is 2. The van der Waals surface area contributed by atoms with Crippen molar-refractivity contribution in [2.75, 3.05) is 10.6 Å². The lowest BCUT2D eigenvalue weighted by molar-refractivity contribution is -0.0583. The van der Waals surface area contributed by atoms with Crippen molar-refractivity contribution in [3.05, 3.63) is 101 Å². The highest BCUT2D eigenvalue weighted by Crippen LogP contribution is 2.27. The van der Waals surface area contributed by atoms with Crippen LogP contribution in [0, 0.1) is 5.41 Å². The summed E-state index contributed by atoms with van der Waals surface area (Å²) in [5.74, 6) is -0.602. The molecule has 5 nitrogen and oxygen atoms in total. The van der Waals surface area contributed by atoms with Gasteiger partial charge in [0.05, 0.1) is 10.7 Å². The molecule has 0 radical (unpaired) electrons. The van der Waals surface area contributed by atoms with Crippen molar-refractivity contribution in [1.29, 1.82) is 5.41 Å². The lowest BCUT2D eigenvalue weighted by Gasteiger charge is -2.15. The Morgan fingerprint density at radius 3 is 2.15 bits per heavy atom. The number of para-hydroxylation sites is 1. The monoisotopic (exact) mass is 485 g/mol. The van der Waals surface area contributed by atoms with E-state index in [2.05, 4.69) is 10.6 Å². The van der Waals surface area contributed by atoms with Crippen LogP contribution >= 0.6 is 11.6 Å². The summed E-state index contributed by atoms with van der Waals surface area (Å²) in [6.45, 7) is 1.42. The van der Waals surface area contributed by atoms with Gasteiger partial charge in [-0.3, -0.25) is 15.0 Å². The van der Waals surface area contributed by atoms with Crippen LogP contribution in [0.25, 0.3) is 5.70 Å². The van der Waals surface area contributed by atoms with Crippen molar-refractivity contribution in [1.82, 2.24) is 0 Å². The van der Waals surface area contributed by atoms with Crippen LogP contribution in [-0.4, -0.2) is 23.6 Å². The molecule has 34 heavy (non-hydrogen) atoms. The summed E-state index contributed by atoms with van der Waals surface area (Å²) in [5, 5.41) is 13.2. The zero-order chi connectivity index (χ0) is 24.9. The zero-order valence-electron chi connectivity index (χ0n) is 17.8. The molecule has 3 N–H and O–H groups in total. The molecule has 0 saturated heterocycles. The van der Waals surface area contributed by atoms with Gasteiger partial charge in [0, 0.05) is 22.5 Å². The molecule has 0 aliphatic heterocycles. The molecule has 0 bridgehead atoms. The lowest BCUT2D eigenvalue weighted by Crippen LogP contribution is -2.20.